The molecule has 0 radical (unpaired) electrons. The van der Waals surface area contributed by atoms with E-state index >= 15 is 0 Å². The van der Waals surface area contributed by atoms with Crippen molar-refractivity contribution in [1.29, 1.82) is 0 Å². The van der Waals surface area contributed by atoms with Gasteiger partial charge in [-0.05, 0) is 0 Å². The number of rotatable bonds is 7. The predicted molar refractivity (Wildman–Crippen MR) is 67.6 cm³/mol. The Bertz CT molecular complexity index is 334. The van der Waals surface area contributed by atoms with Gasteiger partial charge in [0, 0.05) is 39.9 Å². The van der Waals surface area contributed by atoms with Gasteiger partial charge in [0.1, 0.15) is 0 Å². The van der Waals surface area contributed by atoms with Crippen molar-refractivity contribution < 1.29 is 17.8 Å². The minimum Gasteiger partial charge on any atom is -0.377 e. The first-order valence-electron chi connectivity index (χ1n) is 5.84. The molecule has 0 unspecified atom stereocenters. The number of pyridine rings is 1. The Kier molecular flexibility index (Phi) is 5.77. The van der Waals surface area contributed by atoms with Gasteiger partial charge in [0.05, 0.1) is 6.04 Å². The van der Waals surface area contributed by atoms with Crippen LogP contribution in [0, 0.1) is 0 Å². The molecule has 0 bridgehead atoms. The first-order valence-corrected chi connectivity index (χ1v) is 7.77. The van der Waals surface area contributed by atoms with Crippen molar-refractivity contribution in [1.82, 2.24) is 0 Å². The molecule has 0 spiro atoms. The number of hydrogen-bond donors (Lipinski definition) is 0. The van der Waals surface area contributed by atoms with Crippen molar-refractivity contribution in [2.75, 3.05) is 21.3 Å². The Morgan fingerprint density at radius 1 is 1.12 bits per heavy atom. The fraction of sp³-hybridized carbons (Fsp3) is 0.583. The number of aromatic nitrogens is 1. The summed E-state index contributed by atoms with van der Waals surface area (Å²) in [6.07, 6.45) is 3.10. The summed E-state index contributed by atoms with van der Waals surface area (Å²) in [6, 6.07) is 7.01. The topological polar surface area (TPSA) is 31.6 Å². The first kappa shape index (κ1) is 14.3. The molecule has 96 valence electrons. The Balaban J connectivity index is 2.71. The minimum atomic E-state index is -2.46. The molecular formula is C12H22NO3Si+. The Morgan fingerprint density at radius 3 is 2.29 bits per heavy atom. The molecule has 1 aromatic rings. The van der Waals surface area contributed by atoms with E-state index in [9.17, 15) is 0 Å². The summed E-state index contributed by atoms with van der Waals surface area (Å²) in [5.41, 5.74) is 1.30. The average Bonchev–Trinajstić information content (AvgIpc) is 2.41. The summed E-state index contributed by atoms with van der Waals surface area (Å²) >= 11 is 0. The van der Waals surface area contributed by atoms with Crippen LogP contribution in [0.15, 0.2) is 24.4 Å². The van der Waals surface area contributed by atoms with Gasteiger partial charge in [-0.2, -0.15) is 0 Å². The minimum absolute atomic E-state index is 0.776. The average molecular weight is 256 g/mol. The number of aryl methyl sites for hydroxylation is 2. The lowest BCUT2D eigenvalue weighted by molar-refractivity contribution is -0.701. The van der Waals surface area contributed by atoms with E-state index in [-0.39, 0.29) is 0 Å². The van der Waals surface area contributed by atoms with Gasteiger partial charge in [0.15, 0.2) is 18.4 Å². The molecule has 0 aliphatic carbocycles. The van der Waals surface area contributed by atoms with Crippen LogP contribution >= 0.6 is 0 Å². The van der Waals surface area contributed by atoms with Crippen LogP contribution in [0.1, 0.15) is 12.6 Å². The van der Waals surface area contributed by atoms with E-state index in [1.54, 1.807) is 21.3 Å². The first-order chi connectivity index (χ1) is 8.21. The van der Waals surface area contributed by atoms with E-state index in [0.29, 0.717) is 0 Å². The Hall–Kier alpha value is -0.753. The van der Waals surface area contributed by atoms with Gasteiger partial charge in [0.2, 0.25) is 0 Å². The second-order valence-corrected chi connectivity index (χ2v) is 6.88. The monoisotopic (exact) mass is 256 g/mol. The van der Waals surface area contributed by atoms with E-state index in [1.165, 1.54) is 5.69 Å². The predicted octanol–water partition coefficient (Wildman–Crippen LogP) is 1.41. The third-order valence-electron chi connectivity index (χ3n) is 2.99. The molecule has 0 aliphatic heterocycles. The van der Waals surface area contributed by atoms with Crippen LogP contribution in [0.4, 0.5) is 0 Å². The quantitative estimate of drug-likeness (QED) is 0.546. The highest BCUT2D eigenvalue weighted by Gasteiger charge is 2.39. The van der Waals surface area contributed by atoms with Crippen LogP contribution in [-0.2, 0) is 26.2 Å². The SMILES string of the molecule is CCc1cccc[n+]1CC[Si](OC)(OC)OC. The molecule has 1 rings (SSSR count). The van der Waals surface area contributed by atoms with Crippen LogP contribution in [0.25, 0.3) is 0 Å². The number of hydrogen-bond acceptors (Lipinski definition) is 3. The third kappa shape index (κ3) is 3.60. The molecule has 0 amide bonds. The summed E-state index contributed by atoms with van der Waals surface area (Å²) in [6.45, 7) is 3.01. The molecule has 1 heterocycles. The lowest BCUT2D eigenvalue weighted by Gasteiger charge is -2.23. The van der Waals surface area contributed by atoms with Crippen LogP contribution in [0.3, 0.4) is 0 Å². The lowest BCUT2D eigenvalue weighted by atomic mass is 10.3. The highest BCUT2D eigenvalue weighted by atomic mass is 28.4. The molecule has 0 fully saturated rings. The van der Waals surface area contributed by atoms with Crippen LogP contribution in [-0.4, -0.2) is 30.1 Å². The Labute approximate surface area is 105 Å². The largest absolute Gasteiger partial charge is 0.506 e. The molecule has 0 N–H and O–H groups in total. The van der Waals surface area contributed by atoms with Crippen molar-refractivity contribution in [3.8, 4) is 0 Å². The van der Waals surface area contributed by atoms with Gasteiger partial charge < -0.3 is 13.3 Å². The summed E-state index contributed by atoms with van der Waals surface area (Å²) in [5.74, 6) is 0. The lowest BCUT2D eigenvalue weighted by Crippen LogP contribution is -2.48. The Morgan fingerprint density at radius 2 is 1.76 bits per heavy atom. The highest BCUT2D eigenvalue weighted by molar-refractivity contribution is 6.60. The maximum Gasteiger partial charge on any atom is 0.506 e. The normalized spacial score (nSPS) is 11.8. The van der Waals surface area contributed by atoms with Crippen molar-refractivity contribution in [2.45, 2.75) is 25.9 Å². The maximum absolute atomic E-state index is 5.41. The number of nitrogens with zero attached hydrogens (tertiary/aromatic N) is 1. The zero-order chi connectivity index (χ0) is 12.7. The molecule has 4 nitrogen and oxygen atoms in total. The zero-order valence-corrected chi connectivity index (χ0v) is 12.1. The van der Waals surface area contributed by atoms with Crippen molar-refractivity contribution in [3.63, 3.8) is 0 Å². The molecule has 0 aliphatic rings. The highest BCUT2D eigenvalue weighted by Crippen LogP contribution is 2.12. The standard InChI is InChI=1S/C12H22NO3Si/c1-5-12-8-6-7-9-13(12)10-11-17(14-2,15-3)16-4/h6-9H,5,10-11H2,1-4H3/q+1. The van der Waals surface area contributed by atoms with Gasteiger partial charge in [-0.15, -0.1) is 0 Å². The van der Waals surface area contributed by atoms with Gasteiger partial charge in [-0.3, -0.25) is 0 Å². The van der Waals surface area contributed by atoms with Gasteiger partial charge >= 0.3 is 8.80 Å². The van der Waals surface area contributed by atoms with Crippen LogP contribution in [0.2, 0.25) is 6.04 Å². The smallest absolute Gasteiger partial charge is 0.377 e. The summed E-state index contributed by atoms with van der Waals surface area (Å²) < 4.78 is 18.5. The molecule has 0 saturated carbocycles. The van der Waals surface area contributed by atoms with E-state index in [1.807, 2.05) is 6.07 Å². The zero-order valence-electron chi connectivity index (χ0n) is 11.1. The molecule has 5 heteroatoms. The van der Waals surface area contributed by atoms with Gasteiger partial charge in [-0.1, -0.05) is 13.0 Å². The molecule has 0 saturated heterocycles. The fourth-order valence-electron chi connectivity index (χ4n) is 1.86. The van der Waals surface area contributed by atoms with Gasteiger partial charge in [-0.25, -0.2) is 4.57 Å². The summed E-state index contributed by atoms with van der Waals surface area (Å²) in [4.78, 5) is 0. The van der Waals surface area contributed by atoms with E-state index < -0.39 is 8.80 Å². The summed E-state index contributed by atoms with van der Waals surface area (Å²) in [5, 5.41) is 0. The van der Waals surface area contributed by atoms with Crippen LogP contribution < -0.4 is 4.57 Å². The summed E-state index contributed by atoms with van der Waals surface area (Å²) in [7, 11) is 2.49. The van der Waals surface area contributed by atoms with E-state index in [2.05, 4.69) is 29.8 Å². The van der Waals surface area contributed by atoms with E-state index in [0.717, 1.165) is 19.0 Å². The second kappa shape index (κ2) is 6.86. The third-order valence-corrected chi connectivity index (χ3v) is 5.69. The second-order valence-electron chi connectivity index (χ2n) is 3.78. The molecular weight excluding hydrogens is 234 g/mol. The molecule has 17 heavy (non-hydrogen) atoms. The van der Waals surface area contributed by atoms with Crippen molar-refractivity contribution in [3.05, 3.63) is 30.1 Å². The van der Waals surface area contributed by atoms with Crippen molar-refractivity contribution in [2.24, 2.45) is 0 Å². The van der Waals surface area contributed by atoms with Crippen LogP contribution in [0.5, 0.6) is 0 Å². The maximum atomic E-state index is 5.41. The molecule has 0 aromatic carbocycles. The molecule has 1 aromatic heterocycles. The van der Waals surface area contributed by atoms with Crippen molar-refractivity contribution >= 4 is 8.80 Å². The molecule has 0 atom stereocenters. The van der Waals surface area contributed by atoms with E-state index in [4.69, 9.17) is 13.3 Å². The van der Waals surface area contributed by atoms with Gasteiger partial charge in [0.25, 0.3) is 0 Å². The fourth-order valence-corrected chi connectivity index (χ4v) is 3.49.